The molecule has 0 bridgehead atoms. The smallest absolute Gasteiger partial charge is 0.251 e. The zero-order chi connectivity index (χ0) is 20.5. The first-order valence-electron chi connectivity index (χ1n) is 8.84. The molecule has 1 aliphatic carbocycles. The number of carbonyl (C=O) groups is 2. The Bertz CT molecular complexity index is 991. The highest BCUT2D eigenvalue weighted by Crippen LogP contribution is 2.21. The standard InChI is InChI=1S/C18H22N4O5S/c1-10-16(12(3)27-21-10)28(25,26)22-11(2)17(23)20-15-6-4-5-13(9-15)18(24)19-14-7-8-14/h4-6,9,11,14,22H,7-8H2,1-3H3,(H,19,24)(H,20,23). The molecule has 28 heavy (non-hydrogen) atoms. The Balaban J connectivity index is 1.66. The highest BCUT2D eigenvalue weighted by Gasteiger charge is 2.28. The van der Waals surface area contributed by atoms with E-state index in [0.29, 0.717) is 11.3 Å². The predicted molar refractivity (Wildman–Crippen MR) is 101 cm³/mol. The van der Waals surface area contributed by atoms with Gasteiger partial charge in [-0.1, -0.05) is 11.2 Å². The highest BCUT2D eigenvalue weighted by atomic mass is 32.2. The van der Waals surface area contributed by atoms with Crippen LogP contribution in [0.5, 0.6) is 0 Å². The number of benzene rings is 1. The monoisotopic (exact) mass is 406 g/mol. The van der Waals surface area contributed by atoms with E-state index in [2.05, 4.69) is 20.5 Å². The van der Waals surface area contributed by atoms with Gasteiger partial charge in [0.1, 0.15) is 10.6 Å². The molecule has 1 aromatic carbocycles. The van der Waals surface area contributed by atoms with E-state index in [9.17, 15) is 18.0 Å². The fourth-order valence-electron chi connectivity index (χ4n) is 2.69. The number of aromatic nitrogens is 1. The third kappa shape index (κ3) is 4.57. The van der Waals surface area contributed by atoms with Gasteiger partial charge >= 0.3 is 0 Å². The lowest BCUT2D eigenvalue weighted by molar-refractivity contribution is -0.117. The predicted octanol–water partition coefficient (Wildman–Crippen LogP) is 1.49. The van der Waals surface area contributed by atoms with E-state index >= 15 is 0 Å². The van der Waals surface area contributed by atoms with Gasteiger partial charge in [-0.2, -0.15) is 4.72 Å². The van der Waals surface area contributed by atoms with Crippen molar-refractivity contribution in [3.05, 3.63) is 41.3 Å². The second-order valence-electron chi connectivity index (χ2n) is 6.81. The lowest BCUT2D eigenvalue weighted by atomic mass is 10.2. The third-order valence-corrected chi connectivity index (χ3v) is 6.05. The molecule has 150 valence electrons. The zero-order valence-corrected chi connectivity index (χ0v) is 16.6. The molecule has 1 atom stereocenters. The number of amides is 2. The Morgan fingerprint density at radius 2 is 1.96 bits per heavy atom. The average Bonchev–Trinajstić information content (AvgIpc) is 3.36. The third-order valence-electron chi connectivity index (χ3n) is 4.27. The van der Waals surface area contributed by atoms with Crippen LogP contribution in [-0.4, -0.2) is 37.5 Å². The van der Waals surface area contributed by atoms with Crippen LogP contribution in [0.4, 0.5) is 5.69 Å². The first kappa shape index (κ1) is 20.0. The quantitative estimate of drug-likeness (QED) is 0.639. The van der Waals surface area contributed by atoms with Crippen LogP contribution in [-0.2, 0) is 14.8 Å². The van der Waals surface area contributed by atoms with Gasteiger partial charge in [-0.15, -0.1) is 0 Å². The molecule has 1 heterocycles. The van der Waals surface area contributed by atoms with Crippen LogP contribution < -0.4 is 15.4 Å². The maximum Gasteiger partial charge on any atom is 0.251 e. The number of rotatable bonds is 7. The molecule has 0 radical (unpaired) electrons. The van der Waals surface area contributed by atoms with Crippen LogP contribution in [0.1, 0.15) is 41.6 Å². The molecular weight excluding hydrogens is 384 g/mol. The van der Waals surface area contributed by atoms with Crippen molar-refractivity contribution in [1.82, 2.24) is 15.2 Å². The highest BCUT2D eigenvalue weighted by molar-refractivity contribution is 7.89. The van der Waals surface area contributed by atoms with Gasteiger partial charge in [-0.05, 0) is 51.8 Å². The van der Waals surface area contributed by atoms with E-state index in [-0.39, 0.29) is 28.3 Å². The molecule has 2 aromatic rings. The molecule has 0 aliphatic heterocycles. The molecule has 1 aliphatic rings. The van der Waals surface area contributed by atoms with Crippen molar-refractivity contribution in [3.63, 3.8) is 0 Å². The summed E-state index contributed by atoms with van der Waals surface area (Å²) in [7, 11) is -3.97. The van der Waals surface area contributed by atoms with Crippen LogP contribution in [0, 0.1) is 13.8 Å². The van der Waals surface area contributed by atoms with Crippen LogP contribution in [0.25, 0.3) is 0 Å². The number of nitrogens with one attached hydrogen (secondary N) is 3. The van der Waals surface area contributed by atoms with Crippen molar-refractivity contribution >= 4 is 27.5 Å². The van der Waals surface area contributed by atoms with Crippen LogP contribution >= 0.6 is 0 Å². The van der Waals surface area contributed by atoms with E-state index in [4.69, 9.17) is 4.52 Å². The Labute approximate surface area is 162 Å². The topological polar surface area (TPSA) is 130 Å². The summed E-state index contributed by atoms with van der Waals surface area (Å²) in [5, 5.41) is 9.11. The minimum atomic E-state index is -3.97. The maximum atomic E-state index is 12.5. The van der Waals surface area contributed by atoms with Crippen molar-refractivity contribution in [2.45, 2.75) is 50.6 Å². The minimum Gasteiger partial charge on any atom is -0.360 e. The first-order valence-corrected chi connectivity index (χ1v) is 10.3. The maximum absolute atomic E-state index is 12.5. The minimum absolute atomic E-state index is 0.0779. The molecule has 3 N–H and O–H groups in total. The molecule has 9 nitrogen and oxygen atoms in total. The molecule has 2 amide bonds. The zero-order valence-electron chi connectivity index (χ0n) is 15.8. The number of sulfonamides is 1. The molecule has 1 aromatic heterocycles. The second kappa shape index (κ2) is 7.72. The SMILES string of the molecule is Cc1noc(C)c1S(=O)(=O)NC(C)C(=O)Nc1cccc(C(=O)NC2CC2)c1. The van der Waals surface area contributed by atoms with E-state index in [1.54, 1.807) is 24.3 Å². The number of hydrogen-bond acceptors (Lipinski definition) is 6. The summed E-state index contributed by atoms with van der Waals surface area (Å²) in [5.74, 6) is -0.618. The summed E-state index contributed by atoms with van der Waals surface area (Å²) >= 11 is 0. The van der Waals surface area contributed by atoms with Gasteiger partial charge in [0, 0.05) is 17.3 Å². The molecule has 10 heteroatoms. The molecule has 0 spiro atoms. The van der Waals surface area contributed by atoms with Crippen molar-refractivity contribution in [2.75, 3.05) is 5.32 Å². The number of anilines is 1. The van der Waals surface area contributed by atoms with Gasteiger partial charge in [0.15, 0.2) is 5.76 Å². The number of carbonyl (C=O) groups excluding carboxylic acids is 2. The summed E-state index contributed by atoms with van der Waals surface area (Å²) in [4.78, 5) is 24.5. The molecular formula is C18H22N4O5S. The van der Waals surface area contributed by atoms with E-state index in [1.807, 2.05) is 0 Å². The van der Waals surface area contributed by atoms with E-state index in [1.165, 1.54) is 20.8 Å². The van der Waals surface area contributed by atoms with E-state index in [0.717, 1.165) is 12.8 Å². The van der Waals surface area contributed by atoms with Crippen LogP contribution in [0.2, 0.25) is 0 Å². The van der Waals surface area contributed by atoms with Crippen LogP contribution in [0.15, 0.2) is 33.7 Å². The first-order chi connectivity index (χ1) is 13.2. The fraction of sp³-hybridized carbons (Fsp3) is 0.389. The Morgan fingerprint density at radius 3 is 2.57 bits per heavy atom. The summed E-state index contributed by atoms with van der Waals surface area (Å²) < 4.78 is 32.2. The Hall–Kier alpha value is -2.72. The number of aryl methyl sites for hydroxylation is 2. The van der Waals surface area contributed by atoms with Crippen molar-refractivity contribution < 1.29 is 22.5 Å². The largest absolute Gasteiger partial charge is 0.360 e. The number of hydrogen-bond donors (Lipinski definition) is 3. The number of nitrogens with zero attached hydrogens (tertiary/aromatic N) is 1. The molecule has 1 unspecified atom stereocenters. The lowest BCUT2D eigenvalue weighted by Crippen LogP contribution is -2.41. The molecule has 3 rings (SSSR count). The summed E-state index contributed by atoms with van der Waals surface area (Å²) in [6, 6.07) is 5.65. The van der Waals surface area contributed by atoms with Crippen LogP contribution in [0.3, 0.4) is 0 Å². The average molecular weight is 406 g/mol. The molecule has 1 saturated carbocycles. The van der Waals surface area contributed by atoms with Crippen molar-refractivity contribution in [2.24, 2.45) is 0 Å². The normalized spacial score (nSPS) is 15.1. The summed E-state index contributed by atoms with van der Waals surface area (Å²) in [5.41, 5.74) is 1.04. The van der Waals surface area contributed by atoms with Gasteiger partial charge in [-0.25, -0.2) is 8.42 Å². The molecule has 0 saturated heterocycles. The van der Waals surface area contributed by atoms with Gasteiger partial charge in [0.05, 0.1) is 6.04 Å². The van der Waals surface area contributed by atoms with Gasteiger partial charge in [0.25, 0.3) is 5.91 Å². The molecule has 1 fully saturated rings. The Kier molecular flexibility index (Phi) is 5.52. The van der Waals surface area contributed by atoms with Crippen molar-refractivity contribution in [3.8, 4) is 0 Å². The lowest BCUT2D eigenvalue weighted by Gasteiger charge is -2.15. The van der Waals surface area contributed by atoms with Gasteiger partial charge in [-0.3, -0.25) is 9.59 Å². The van der Waals surface area contributed by atoms with Gasteiger partial charge < -0.3 is 15.2 Å². The summed E-state index contributed by atoms with van der Waals surface area (Å²) in [6.45, 7) is 4.42. The van der Waals surface area contributed by atoms with E-state index < -0.39 is 22.0 Å². The van der Waals surface area contributed by atoms with Gasteiger partial charge in [0.2, 0.25) is 15.9 Å². The second-order valence-corrected chi connectivity index (χ2v) is 8.46. The summed E-state index contributed by atoms with van der Waals surface area (Å²) in [6.07, 6.45) is 1.95. The Morgan fingerprint density at radius 1 is 1.25 bits per heavy atom. The van der Waals surface area contributed by atoms with Crippen molar-refractivity contribution in [1.29, 1.82) is 0 Å². The fourth-order valence-corrected chi connectivity index (χ4v) is 4.22.